The number of amides is 1. The van der Waals surface area contributed by atoms with E-state index in [4.69, 9.17) is 0 Å². The average Bonchev–Trinajstić information content (AvgIpc) is 3.44. The molecule has 5 rings (SSSR count). The summed E-state index contributed by atoms with van der Waals surface area (Å²) in [6.45, 7) is -0.171. The van der Waals surface area contributed by atoms with Gasteiger partial charge in [-0.05, 0) is 42.9 Å². The molecule has 0 fully saturated rings. The van der Waals surface area contributed by atoms with Gasteiger partial charge in [0.1, 0.15) is 6.33 Å². The van der Waals surface area contributed by atoms with Crippen LogP contribution in [0, 0.1) is 0 Å². The van der Waals surface area contributed by atoms with E-state index in [-0.39, 0.29) is 12.5 Å². The van der Waals surface area contributed by atoms with Crippen LogP contribution in [0.15, 0.2) is 42.9 Å². The summed E-state index contributed by atoms with van der Waals surface area (Å²) < 4.78 is 0. The summed E-state index contributed by atoms with van der Waals surface area (Å²) >= 11 is 1.58. The predicted octanol–water partition coefficient (Wildman–Crippen LogP) is 3.42. The molecule has 1 aliphatic carbocycles. The predicted molar refractivity (Wildman–Crippen MR) is 115 cm³/mol. The highest BCUT2D eigenvalue weighted by atomic mass is 32.1. The number of aliphatic hydroxyl groups excluding tert-OH is 1. The first kappa shape index (κ1) is 18.9. The standard InChI is InChI=1S/C22H21N5O2S/c28-11-17(26-22(29)19-9-15-3-1-2-4-18(15)30-19)13-5-7-14(8-6-13)20-16-10-25-27-21(16)24-12-23-20/h5-10,12,17,28H,1-4,11H2,(H,26,29)(H,23,24,25,27). The van der Waals surface area contributed by atoms with E-state index in [1.807, 2.05) is 30.3 Å². The van der Waals surface area contributed by atoms with E-state index in [1.54, 1.807) is 17.5 Å². The maximum Gasteiger partial charge on any atom is 0.261 e. The molecule has 1 unspecified atom stereocenters. The molecule has 30 heavy (non-hydrogen) atoms. The lowest BCUT2D eigenvalue weighted by molar-refractivity contribution is 0.0920. The summed E-state index contributed by atoms with van der Waals surface area (Å²) in [6, 6.07) is 9.22. The number of hydrogen-bond donors (Lipinski definition) is 3. The minimum atomic E-state index is -0.468. The summed E-state index contributed by atoms with van der Waals surface area (Å²) in [5, 5.41) is 20.6. The van der Waals surface area contributed by atoms with Gasteiger partial charge in [-0.3, -0.25) is 9.89 Å². The second-order valence-electron chi connectivity index (χ2n) is 7.45. The third-order valence-corrected chi connectivity index (χ3v) is 6.78. The molecule has 0 saturated carbocycles. The van der Waals surface area contributed by atoms with Crippen LogP contribution in [-0.2, 0) is 12.8 Å². The van der Waals surface area contributed by atoms with Crippen molar-refractivity contribution in [2.45, 2.75) is 31.7 Å². The highest BCUT2D eigenvalue weighted by Crippen LogP contribution is 2.30. The van der Waals surface area contributed by atoms with Crippen molar-refractivity contribution in [3.05, 3.63) is 63.7 Å². The van der Waals surface area contributed by atoms with Gasteiger partial charge in [0.05, 0.1) is 34.8 Å². The minimum absolute atomic E-state index is 0.131. The van der Waals surface area contributed by atoms with Gasteiger partial charge in [-0.25, -0.2) is 9.97 Å². The van der Waals surface area contributed by atoms with Crippen molar-refractivity contribution in [1.29, 1.82) is 0 Å². The number of aromatic amines is 1. The molecule has 0 aliphatic heterocycles. The van der Waals surface area contributed by atoms with Crippen LogP contribution in [0.4, 0.5) is 0 Å². The lowest BCUT2D eigenvalue weighted by Crippen LogP contribution is -2.30. The Balaban J connectivity index is 1.35. The van der Waals surface area contributed by atoms with Gasteiger partial charge < -0.3 is 10.4 Å². The Hall–Kier alpha value is -3.10. The third kappa shape index (κ3) is 3.48. The molecule has 0 bridgehead atoms. The lowest BCUT2D eigenvalue weighted by Gasteiger charge is -2.16. The van der Waals surface area contributed by atoms with Crippen LogP contribution < -0.4 is 5.32 Å². The highest BCUT2D eigenvalue weighted by molar-refractivity contribution is 7.14. The van der Waals surface area contributed by atoms with Gasteiger partial charge in [0.2, 0.25) is 0 Å². The SMILES string of the molecule is O=C(NC(CO)c1ccc(-c2ncnc3[nH]ncc23)cc1)c1cc2c(s1)CCCC2. The molecule has 7 nitrogen and oxygen atoms in total. The molecule has 1 amide bonds. The number of aromatic nitrogens is 4. The van der Waals surface area contributed by atoms with Crippen LogP contribution in [0.25, 0.3) is 22.3 Å². The van der Waals surface area contributed by atoms with Crippen molar-refractivity contribution in [3.8, 4) is 11.3 Å². The Morgan fingerprint density at radius 3 is 2.83 bits per heavy atom. The zero-order valence-electron chi connectivity index (χ0n) is 16.3. The van der Waals surface area contributed by atoms with Gasteiger partial charge in [-0.2, -0.15) is 5.10 Å². The number of H-pyrrole nitrogens is 1. The number of aryl methyl sites for hydroxylation is 2. The summed E-state index contributed by atoms with van der Waals surface area (Å²) in [7, 11) is 0. The summed E-state index contributed by atoms with van der Waals surface area (Å²) in [6.07, 6.45) is 7.70. The van der Waals surface area contributed by atoms with Crippen molar-refractivity contribution in [3.63, 3.8) is 0 Å². The van der Waals surface area contributed by atoms with Gasteiger partial charge in [0, 0.05) is 10.4 Å². The molecule has 1 atom stereocenters. The number of hydrogen-bond acceptors (Lipinski definition) is 6. The normalized spacial score (nSPS) is 14.4. The number of thiophene rings is 1. The smallest absolute Gasteiger partial charge is 0.261 e. The number of benzene rings is 1. The van der Waals surface area contributed by atoms with E-state index in [0.717, 1.165) is 39.9 Å². The average molecular weight is 420 g/mol. The van der Waals surface area contributed by atoms with E-state index in [0.29, 0.717) is 5.65 Å². The Morgan fingerprint density at radius 2 is 2.03 bits per heavy atom. The second-order valence-corrected chi connectivity index (χ2v) is 8.59. The van der Waals surface area contributed by atoms with E-state index < -0.39 is 6.04 Å². The van der Waals surface area contributed by atoms with Crippen LogP contribution in [0.2, 0.25) is 0 Å². The molecular formula is C22H21N5O2S. The molecule has 152 valence electrons. The number of carbonyl (C=O) groups excluding carboxylic acids is 1. The Bertz CT molecular complexity index is 1170. The van der Waals surface area contributed by atoms with Crippen molar-refractivity contribution >= 4 is 28.3 Å². The zero-order valence-corrected chi connectivity index (χ0v) is 17.1. The molecular weight excluding hydrogens is 398 g/mol. The number of aliphatic hydroxyl groups is 1. The van der Waals surface area contributed by atoms with E-state index in [9.17, 15) is 9.90 Å². The van der Waals surface area contributed by atoms with Gasteiger partial charge in [-0.1, -0.05) is 24.3 Å². The van der Waals surface area contributed by atoms with Crippen molar-refractivity contribution in [1.82, 2.24) is 25.5 Å². The largest absolute Gasteiger partial charge is 0.394 e. The molecule has 3 heterocycles. The van der Waals surface area contributed by atoms with Crippen molar-refractivity contribution in [2.75, 3.05) is 6.61 Å². The molecule has 3 N–H and O–H groups in total. The topological polar surface area (TPSA) is 104 Å². The number of nitrogens with one attached hydrogen (secondary N) is 2. The number of carbonyl (C=O) groups is 1. The maximum absolute atomic E-state index is 12.8. The van der Waals surface area contributed by atoms with Crippen LogP contribution in [0.5, 0.6) is 0 Å². The van der Waals surface area contributed by atoms with Crippen LogP contribution >= 0.6 is 11.3 Å². The molecule has 4 aromatic rings. The minimum Gasteiger partial charge on any atom is -0.394 e. The number of nitrogens with zero attached hydrogens (tertiary/aromatic N) is 3. The van der Waals surface area contributed by atoms with Crippen molar-refractivity contribution in [2.24, 2.45) is 0 Å². The van der Waals surface area contributed by atoms with E-state index in [2.05, 4.69) is 25.5 Å². The van der Waals surface area contributed by atoms with Crippen LogP contribution in [0.1, 0.15) is 44.6 Å². The Morgan fingerprint density at radius 1 is 1.20 bits per heavy atom. The molecule has 0 spiro atoms. The summed E-state index contributed by atoms with van der Waals surface area (Å²) in [4.78, 5) is 23.4. The number of rotatable bonds is 5. The molecule has 8 heteroatoms. The monoisotopic (exact) mass is 419 g/mol. The van der Waals surface area contributed by atoms with Gasteiger partial charge in [-0.15, -0.1) is 11.3 Å². The first-order valence-electron chi connectivity index (χ1n) is 10.0. The first-order chi connectivity index (χ1) is 14.7. The van der Waals surface area contributed by atoms with Crippen LogP contribution in [0.3, 0.4) is 0 Å². The summed E-state index contributed by atoms with van der Waals surface area (Å²) in [5.74, 6) is -0.131. The lowest BCUT2D eigenvalue weighted by atomic mass is 9.99. The van der Waals surface area contributed by atoms with Gasteiger partial charge in [0.25, 0.3) is 5.91 Å². The zero-order chi connectivity index (χ0) is 20.5. The quantitative estimate of drug-likeness (QED) is 0.460. The molecule has 1 aliphatic rings. The molecule has 3 aromatic heterocycles. The Labute approximate surface area is 177 Å². The molecule has 0 saturated heterocycles. The second kappa shape index (κ2) is 7.97. The van der Waals surface area contributed by atoms with Crippen LogP contribution in [-0.4, -0.2) is 37.8 Å². The fourth-order valence-corrected chi connectivity index (χ4v) is 5.09. The highest BCUT2D eigenvalue weighted by Gasteiger charge is 2.20. The first-order valence-corrected chi connectivity index (χ1v) is 10.8. The van der Waals surface area contributed by atoms with E-state index >= 15 is 0 Å². The van der Waals surface area contributed by atoms with Gasteiger partial charge in [0.15, 0.2) is 5.65 Å². The van der Waals surface area contributed by atoms with Crippen molar-refractivity contribution < 1.29 is 9.90 Å². The fourth-order valence-electron chi connectivity index (χ4n) is 3.93. The molecule has 0 radical (unpaired) electrons. The third-order valence-electron chi connectivity index (χ3n) is 5.54. The Kier molecular flexibility index (Phi) is 5.02. The number of fused-ring (bicyclic) bond motifs is 2. The van der Waals surface area contributed by atoms with E-state index in [1.165, 1.54) is 29.6 Å². The summed E-state index contributed by atoms with van der Waals surface area (Å²) in [5.41, 5.74) is 4.53. The van der Waals surface area contributed by atoms with Gasteiger partial charge >= 0.3 is 0 Å². The fraction of sp³-hybridized carbons (Fsp3) is 0.273. The molecule has 1 aromatic carbocycles. The maximum atomic E-state index is 12.8.